The van der Waals surface area contributed by atoms with Gasteiger partial charge in [-0.05, 0) is 196 Å². The maximum atomic E-state index is 10.5. The summed E-state index contributed by atoms with van der Waals surface area (Å²) in [5.74, 6) is 0. The fourth-order valence-electron chi connectivity index (χ4n) is 6.76. The Hall–Kier alpha value is -2.73. The summed E-state index contributed by atoms with van der Waals surface area (Å²) in [7, 11) is -1.29. The zero-order valence-electron chi connectivity index (χ0n) is 43.4. The molecule has 3 aliphatic heterocycles. The smallest absolute Gasteiger partial charge is 0.405 e. The number of anilines is 2. The van der Waals surface area contributed by atoms with Crippen LogP contribution in [0.25, 0.3) is 0 Å². The van der Waals surface area contributed by atoms with Gasteiger partial charge in [0, 0.05) is 36.4 Å². The predicted molar refractivity (Wildman–Crippen MR) is 290 cm³/mol. The number of halogens is 3. The molecule has 0 spiro atoms. The van der Waals surface area contributed by atoms with Crippen LogP contribution in [0.15, 0.2) is 68.0 Å². The molecule has 67 heavy (non-hydrogen) atoms. The number of nitro groups is 1. The van der Waals surface area contributed by atoms with E-state index in [1.165, 1.54) is 27.2 Å². The minimum absolute atomic E-state index is 0.160. The highest BCUT2D eigenvalue weighted by molar-refractivity contribution is 9.11. The summed E-state index contributed by atoms with van der Waals surface area (Å²) < 4.78 is 39.0. The van der Waals surface area contributed by atoms with Crippen molar-refractivity contribution in [3.63, 3.8) is 0 Å². The molecule has 3 saturated heterocycles. The van der Waals surface area contributed by atoms with Gasteiger partial charge in [-0.25, -0.2) is 0 Å². The maximum absolute atomic E-state index is 10.5. The van der Waals surface area contributed by atoms with Crippen LogP contribution < -0.4 is 16.9 Å². The van der Waals surface area contributed by atoms with Crippen molar-refractivity contribution < 1.29 is 32.8 Å². The molecule has 17 heteroatoms. The van der Waals surface area contributed by atoms with Crippen molar-refractivity contribution in [3.8, 4) is 0 Å². The summed E-state index contributed by atoms with van der Waals surface area (Å²) in [6.07, 6.45) is 0. The van der Waals surface area contributed by atoms with Crippen molar-refractivity contribution in [2.45, 2.75) is 172 Å². The average Bonchev–Trinajstić information content (AvgIpc) is 3.65. The molecule has 366 valence electrons. The number of hydrogen-bond acceptors (Lipinski definition) is 10. The number of rotatable bonds is 3. The third kappa shape index (κ3) is 14.7. The third-order valence-corrected chi connectivity index (χ3v) is 16.1. The average molecular weight is 1120 g/mol. The summed E-state index contributed by atoms with van der Waals surface area (Å²) in [5.41, 5.74) is 21.3. The van der Waals surface area contributed by atoms with Crippen LogP contribution in [0.1, 0.15) is 128 Å². The fraction of sp³-hybridized carbons (Fsp3) is 0.520. The van der Waals surface area contributed by atoms with Crippen LogP contribution in [0, 0.1) is 65.5 Å². The third-order valence-electron chi connectivity index (χ3n) is 13.5. The van der Waals surface area contributed by atoms with Gasteiger partial charge in [-0.15, -0.1) is 0 Å². The highest BCUT2D eigenvalue weighted by Crippen LogP contribution is 2.43. The summed E-state index contributed by atoms with van der Waals surface area (Å²) in [6.45, 7) is 40.4. The molecular weight excluding hydrogens is 1040 g/mol. The Morgan fingerprint density at radius 3 is 1.16 bits per heavy atom. The van der Waals surface area contributed by atoms with Gasteiger partial charge >= 0.3 is 21.1 Å². The van der Waals surface area contributed by atoms with Crippen molar-refractivity contribution in [3.05, 3.63) is 123 Å². The number of nitrogen functional groups attached to an aromatic ring is 2. The highest BCUT2D eigenvalue weighted by Gasteiger charge is 2.63. The molecule has 3 aliphatic rings. The lowest BCUT2D eigenvalue weighted by atomic mass is 9.49. The zero-order chi connectivity index (χ0) is 51.6. The second-order valence-electron chi connectivity index (χ2n) is 20.8. The molecule has 7 rings (SSSR count). The van der Waals surface area contributed by atoms with Gasteiger partial charge in [-0.1, -0.05) is 83.2 Å². The largest absolute Gasteiger partial charge is 0.495 e. The molecule has 3 heterocycles. The van der Waals surface area contributed by atoms with E-state index in [0.29, 0.717) is 5.56 Å². The molecule has 0 atom stereocenters. The van der Waals surface area contributed by atoms with E-state index < -0.39 is 14.0 Å². The number of nitrogens with zero attached hydrogens (tertiary/aromatic N) is 1. The van der Waals surface area contributed by atoms with E-state index in [1.807, 2.05) is 88.3 Å². The van der Waals surface area contributed by atoms with Crippen LogP contribution in [0.5, 0.6) is 0 Å². The molecule has 0 bridgehead atoms. The van der Waals surface area contributed by atoms with Gasteiger partial charge in [0.15, 0.2) is 0 Å². The first-order valence-corrected chi connectivity index (χ1v) is 24.8. The lowest BCUT2D eigenvalue weighted by Gasteiger charge is -2.32. The van der Waals surface area contributed by atoms with E-state index in [0.717, 1.165) is 48.0 Å². The first-order chi connectivity index (χ1) is 30.3. The lowest BCUT2D eigenvalue weighted by molar-refractivity contribution is -0.385. The van der Waals surface area contributed by atoms with Crippen molar-refractivity contribution in [1.29, 1.82) is 0 Å². The molecule has 11 nitrogen and oxygen atoms in total. The molecule has 0 radical (unpaired) electrons. The molecule has 4 N–H and O–H groups in total. The van der Waals surface area contributed by atoms with Crippen LogP contribution in [-0.4, -0.2) is 59.7 Å². The second kappa shape index (κ2) is 22.1. The van der Waals surface area contributed by atoms with Gasteiger partial charge in [-0.2, -0.15) is 0 Å². The van der Waals surface area contributed by atoms with Crippen molar-refractivity contribution in [2.24, 2.45) is 0 Å². The summed E-state index contributed by atoms with van der Waals surface area (Å²) in [5, 5.41) is 10.5. The van der Waals surface area contributed by atoms with Gasteiger partial charge in [0.05, 0.1) is 38.5 Å². The minimum Gasteiger partial charge on any atom is -0.405 e. The molecule has 0 amide bonds. The van der Waals surface area contributed by atoms with Crippen molar-refractivity contribution >= 4 is 91.5 Å². The number of aryl methyl sites for hydroxylation is 8. The predicted octanol–water partition coefficient (Wildman–Crippen LogP) is 13.1. The van der Waals surface area contributed by atoms with Gasteiger partial charge < -0.3 is 39.4 Å². The highest BCUT2D eigenvalue weighted by atomic mass is 79.9. The molecule has 0 saturated carbocycles. The van der Waals surface area contributed by atoms with Gasteiger partial charge in [0.25, 0.3) is 5.69 Å². The van der Waals surface area contributed by atoms with E-state index in [9.17, 15) is 10.1 Å². The summed E-state index contributed by atoms with van der Waals surface area (Å²) in [6, 6.07) is 17.7. The van der Waals surface area contributed by atoms with Crippen LogP contribution in [0.3, 0.4) is 0 Å². The van der Waals surface area contributed by atoms with Gasteiger partial charge in [0.1, 0.15) is 0 Å². The van der Waals surface area contributed by atoms with Crippen LogP contribution >= 0.6 is 47.8 Å². The van der Waals surface area contributed by atoms with Gasteiger partial charge in [-0.3, -0.25) is 10.1 Å². The number of nitrogens with two attached hydrogens (primary N) is 2. The van der Waals surface area contributed by atoms with E-state index in [4.69, 9.17) is 39.4 Å². The van der Waals surface area contributed by atoms with Crippen LogP contribution in [0.4, 0.5) is 17.1 Å². The van der Waals surface area contributed by atoms with Crippen LogP contribution in [0.2, 0.25) is 0 Å². The molecule has 4 aromatic carbocycles. The summed E-state index contributed by atoms with van der Waals surface area (Å²) >= 11 is 10.1. The molecule has 0 aliphatic carbocycles. The first kappa shape index (κ1) is 58.6. The number of nitro benzene ring substituents is 1. The Morgan fingerprint density at radius 2 is 0.791 bits per heavy atom. The standard InChI is InChI=1S/C14H22BNO2.C12H24B2O4.C8H8BrNO2.C8H10BrN.C8H9Br/c1-9-7-10(2)12(16)8-11(9)15-17-13(3,4)14(5,6)18-15;1-9(2)10(3,4)16-13(15-9)14-17-11(5,6)12(7,8)18-14;1-5-3-6(2)8(10(11)12)4-7(5)9;1-5-3-6(2)8(10)4-7(5)9;1-6-3-4-8(9)7(2)5-6/h7-8H,16H2,1-6H3;1-8H3;3-4H,1-2H3;3-4H,10H2,1-2H3;3-5H,1-2H3. The molecule has 4 aromatic rings. The van der Waals surface area contributed by atoms with E-state index in [1.54, 1.807) is 13.0 Å². The van der Waals surface area contributed by atoms with Crippen molar-refractivity contribution in [2.75, 3.05) is 11.5 Å². The second-order valence-corrected chi connectivity index (χ2v) is 23.3. The van der Waals surface area contributed by atoms with Gasteiger partial charge in [0.2, 0.25) is 0 Å². The Bertz CT molecular complexity index is 2280. The quantitative estimate of drug-likeness (QED) is 0.0878. The Kier molecular flexibility index (Phi) is 19.4. The minimum atomic E-state index is -0.476. The Labute approximate surface area is 427 Å². The Balaban J connectivity index is 0.000000228. The monoisotopic (exact) mass is 1110 g/mol. The topological polar surface area (TPSA) is 151 Å². The lowest BCUT2D eigenvalue weighted by Crippen LogP contribution is -2.41. The molecule has 0 aromatic heterocycles. The Morgan fingerprint density at radius 1 is 0.448 bits per heavy atom. The summed E-state index contributed by atoms with van der Waals surface area (Å²) in [4.78, 5) is 10.1. The normalized spacial score (nSPS) is 18.9. The number of hydrogen-bond donors (Lipinski definition) is 2. The molecule has 3 fully saturated rings. The van der Waals surface area contributed by atoms with Crippen molar-refractivity contribution in [1.82, 2.24) is 0 Å². The first-order valence-electron chi connectivity index (χ1n) is 22.4. The fourth-order valence-corrected chi connectivity index (χ4v) is 7.70. The zero-order valence-corrected chi connectivity index (χ0v) is 48.2. The molecule has 0 unspecified atom stereocenters. The van der Waals surface area contributed by atoms with E-state index in [2.05, 4.69) is 134 Å². The SMILES string of the molecule is CC1(C)OB(B2OC(C)(C)C(C)(C)O2)OC1(C)C.Cc1cc(C)c(B2OC(C)(C)C(C)(C)O2)cc1N.Cc1cc(C)c(Br)cc1N.Cc1cc(C)c([N+](=O)[O-])cc1Br.Cc1ccc(Br)c(C)c1. The maximum Gasteiger partial charge on any atom is 0.495 e. The number of benzene rings is 4. The van der Waals surface area contributed by atoms with E-state index in [-0.39, 0.29) is 51.3 Å². The molecular formula is C50H73B3Br3N3O8. The van der Waals surface area contributed by atoms with Crippen LogP contribution in [-0.2, 0) is 27.9 Å². The van der Waals surface area contributed by atoms with E-state index >= 15 is 0 Å².